The summed E-state index contributed by atoms with van der Waals surface area (Å²) >= 11 is 0. The highest BCUT2D eigenvalue weighted by molar-refractivity contribution is 5.77. The summed E-state index contributed by atoms with van der Waals surface area (Å²) in [5, 5.41) is 15.6. The summed E-state index contributed by atoms with van der Waals surface area (Å²) in [4.78, 5) is 21.1. The van der Waals surface area contributed by atoms with Crippen LogP contribution in [0.4, 0.5) is 20.2 Å². The molecule has 1 aromatic rings. The molecule has 0 spiro atoms. The molecule has 1 amide bonds. The predicted molar refractivity (Wildman–Crippen MR) is 74.0 cm³/mol. The third kappa shape index (κ3) is 5.33. The topological polar surface area (TPSA) is 84.3 Å². The van der Waals surface area contributed by atoms with E-state index in [0.29, 0.717) is 12.1 Å². The van der Waals surface area contributed by atoms with Crippen LogP contribution in [-0.2, 0) is 4.79 Å². The number of halogens is 2. The minimum atomic E-state index is -1.07. The number of hydrogen-bond acceptors (Lipinski definition) is 4. The molecule has 21 heavy (non-hydrogen) atoms. The maximum absolute atomic E-state index is 13.6. The third-order valence-corrected chi connectivity index (χ3v) is 2.41. The van der Waals surface area contributed by atoms with Crippen molar-refractivity contribution in [3.63, 3.8) is 0 Å². The van der Waals surface area contributed by atoms with Gasteiger partial charge in [-0.05, 0) is 20.8 Å². The van der Waals surface area contributed by atoms with Crippen LogP contribution in [0.3, 0.4) is 0 Å². The molecule has 0 aliphatic carbocycles. The van der Waals surface area contributed by atoms with Crippen LogP contribution >= 0.6 is 0 Å². The van der Waals surface area contributed by atoms with E-state index in [2.05, 4.69) is 10.6 Å². The summed E-state index contributed by atoms with van der Waals surface area (Å²) in [6.45, 7) is 5.45. The molecule has 1 rings (SSSR count). The lowest BCUT2D eigenvalue weighted by molar-refractivity contribution is -0.385. The minimum Gasteiger partial charge on any atom is -0.380 e. The summed E-state index contributed by atoms with van der Waals surface area (Å²) < 4.78 is 27.1. The quantitative estimate of drug-likeness (QED) is 0.646. The van der Waals surface area contributed by atoms with Gasteiger partial charge in [-0.15, -0.1) is 0 Å². The average Bonchev–Trinajstić information content (AvgIpc) is 2.29. The van der Waals surface area contributed by atoms with Gasteiger partial charge < -0.3 is 10.6 Å². The molecular weight excluding hydrogens is 284 g/mol. The van der Waals surface area contributed by atoms with Crippen molar-refractivity contribution in [2.75, 3.05) is 11.9 Å². The number of hydrogen-bond donors (Lipinski definition) is 2. The Morgan fingerprint density at radius 3 is 2.24 bits per heavy atom. The normalized spacial score (nSPS) is 11.1. The second-order valence-electron chi connectivity index (χ2n) is 5.52. The molecule has 1 aromatic carbocycles. The van der Waals surface area contributed by atoms with Gasteiger partial charge in [-0.3, -0.25) is 14.9 Å². The van der Waals surface area contributed by atoms with Gasteiger partial charge in [0.15, 0.2) is 11.6 Å². The number of non-ortho nitro benzene ring substituents is 1. The zero-order chi connectivity index (χ0) is 16.2. The Hall–Kier alpha value is -2.25. The van der Waals surface area contributed by atoms with E-state index in [0.717, 1.165) is 0 Å². The van der Waals surface area contributed by atoms with Crippen molar-refractivity contribution in [3.8, 4) is 0 Å². The highest BCUT2D eigenvalue weighted by atomic mass is 19.1. The molecule has 0 bridgehead atoms. The number of amides is 1. The number of nitro groups is 1. The van der Waals surface area contributed by atoms with Gasteiger partial charge in [-0.2, -0.15) is 0 Å². The lowest BCUT2D eigenvalue weighted by Crippen LogP contribution is -2.41. The van der Waals surface area contributed by atoms with E-state index in [1.807, 2.05) is 20.8 Å². The number of nitrogens with zero attached hydrogens (tertiary/aromatic N) is 1. The Labute approximate surface area is 120 Å². The summed E-state index contributed by atoms with van der Waals surface area (Å²) in [5.41, 5.74) is -1.54. The maximum Gasteiger partial charge on any atom is 0.275 e. The van der Waals surface area contributed by atoms with Crippen LogP contribution in [0.15, 0.2) is 12.1 Å². The van der Waals surface area contributed by atoms with E-state index in [1.54, 1.807) is 0 Å². The molecule has 116 valence electrons. The zero-order valence-corrected chi connectivity index (χ0v) is 12.0. The Balaban J connectivity index is 2.64. The number of rotatable bonds is 5. The van der Waals surface area contributed by atoms with Crippen molar-refractivity contribution in [2.45, 2.75) is 32.7 Å². The number of benzene rings is 1. The Morgan fingerprint density at radius 1 is 1.29 bits per heavy atom. The molecule has 0 saturated heterocycles. The lowest BCUT2D eigenvalue weighted by atomic mass is 10.1. The second kappa shape index (κ2) is 6.47. The molecule has 0 unspecified atom stereocenters. The number of carbonyl (C=O) groups excluding carboxylic acids is 1. The fraction of sp³-hybridized carbons (Fsp3) is 0.462. The molecule has 0 aromatic heterocycles. The van der Waals surface area contributed by atoms with Crippen LogP contribution < -0.4 is 10.6 Å². The summed E-state index contributed by atoms with van der Waals surface area (Å²) in [7, 11) is 0. The third-order valence-electron chi connectivity index (χ3n) is 2.41. The first-order valence-corrected chi connectivity index (χ1v) is 6.28. The fourth-order valence-corrected chi connectivity index (χ4v) is 1.62. The van der Waals surface area contributed by atoms with E-state index in [-0.39, 0.29) is 24.4 Å². The maximum atomic E-state index is 13.6. The van der Waals surface area contributed by atoms with Gasteiger partial charge in [0, 0.05) is 18.5 Å². The largest absolute Gasteiger partial charge is 0.380 e. The number of nitrogens with one attached hydrogen (secondary N) is 2. The van der Waals surface area contributed by atoms with Gasteiger partial charge in [0.05, 0.1) is 17.1 Å². The Kier molecular flexibility index (Phi) is 5.17. The molecule has 0 heterocycles. The van der Waals surface area contributed by atoms with Crippen molar-refractivity contribution in [1.82, 2.24) is 5.32 Å². The minimum absolute atomic E-state index is 0.00750. The van der Waals surface area contributed by atoms with E-state index < -0.39 is 27.9 Å². The molecule has 0 saturated carbocycles. The van der Waals surface area contributed by atoms with Gasteiger partial charge >= 0.3 is 0 Å². The molecule has 0 atom stereocenters. The predicted octanol–water partition coefficient (Wildman–Crippen LogP) is 2.59. The first kappa shape index (κ1) is 16.8. The van der Waals surface area contributed by atoms with Gasteiger partial charge in [-0.1, -0.05) is 0 Å². The first-order chi connectivity index (χ1) is 9.60. The van der Waals surface area contributed by atoms with Crippen LogP contribution in [0, 0.1) is 21.7 Å². The second-order valence-corrected chi connectivity index (χ2v) is 5.52. The highest BCUT2D eigenvalue weighted by Gasteiger charge is 2.17. The van der Waals surface area contributed by atoms with Crippen LogP contribution in [-0.4, -0.2) is 22.9 Å². The van der Waals surface area contributed by atoms with Crippen molar-refractivity contribution in [3.05, 3.63) is 33.9 Å². The number of carbonyl (C=O) groups is 1. The van der Waals surface area contributed by atoms with Gasteiger partial charge in [0.25, 0.3) is 5.69 Å². The Morgan fingerprint density at radius 2 is 1.81 bits per heavy atom. The number of anilines is 1. The van der Waals surface area contributed by atoms with E-state index in [4.69, 9.17) is 0 Å². The monoisotopic (exact) mass is 301 g/mol. The van der Waals surface area contributed by atoms with E-state index >= 15 is 0 Å². The fourth-order valence-electron chi connectivity index (χ4n) is 1.62. The van der Waals surface area contributed by atoms with Gasteiger partial charge in [-0.25, -0.2) is 8.78 Å². The van der Waals surface area contributed by atoms with Gasteiger partial charge in [0.2, 0.25) is 5.91 Å². The smallest absolute Gasteiger partial charge is 0.275 e. The molecular formula is C13H17F2N3O3. The molecule has 0 radical (unpaired) electrons. The lowest BCUT2D eigenvalue weighted by Gasteiger charge is -2.20. The zero-order valence-electron chi connectivity index (χ0n) is 12.0. The summed E-state index contributed by atoms with van der Waals surface area (Å²) in [6.07, 6.45) is 0.0210. The molecule has 6 nitrogen and oxygen atoms in total. The summed E-state index contributed by atoms with van der Waals surface area (Å²) in [6, 6.07) is 1.25. The SMILES string of the molecule is CC(C)(C)NC(=O)CCNc1c(F)cc([N+](=O)[O-])cc1F. The van der Waals surface area contributed by atoms with Crippen molar-refractivity contribution < 1.29 is 18.5 Å². The number of nitro benzene ring substituents is 1. The molecule has 0 aliphatic rings. The van der Waals surface area contributed by atoms with Crippen LogP contribution in [0.1, 0.15) is 27.2 Å². The van der Waals surface area contributed by atoms with Crippen molar-refractivity contribution in [1.29, 1.82) is 0 Å². The van der Waals surface area contributed by atoms with Crippen LogP contribution in [0.2, 0.25) is 0 Å². The van der Waals surface area contributed by atoms with Crippen LogP contribution in [0.25, 0.3) is 0 Å². The van der Waals surface area contributed by atoms with E-state index in [1.165, 1.54) is 0 Å². The Bertz CT molecular complexity index is 533. The summed E-state index contributed by atoms with van der Waals surface area (Å²) in [5.74, 6) is -2.41. The van der Waals surface area contributed by atoms with Crippen LogP contribution in [0.5, 0.6) is 0 Å². The molecule has 0 fully saturated rings. The molecule has 0 aliphatic heterocycles. The van der Waals surface area contributed by atoms with E-state index in [9.17, 15) is 23.7 Å². The van der Waals surface area contributed by atoms with Crippen molar-refractivity contribution >= 4 is 17.3 Å². The molecule has 8 heteroatoms. The average molecular weight is 301 g/mol. The van der Waals surface area contributed by atoms with Crippen molar-refractivity contribution in [2.24, 2.45) is 0 Å². The first-order valence-electron chi connectivity index (χ1n) is 6.28. The highest BCUT2D eigenvalue weighted by Crippen LogP contribution is 2.24. The van der Waals surface area contributed by atoms with Gasteiger partial charge in [0.1, 0.15) is 5.69 Å². The molecule has 2 N–H and O–H groups in total. The standard InChI is InChI=1S/C13H17F2N3O3/c1-13(2,3)17-11(19)4-5-16-12-9(14)6-8(18(20)21)7-10(12)15/h6-7,16H,4-5H2,1-3H3,(H,17,19).